The average Bonchev–Trinajstić information content (AvgIpc) is 2.41. The van der Waals surface area contributed by atoms with Crippen molar-refractivity contribution in [2.45, 2.75) is 25.9 Å². The van der Waals surface area contributed by atoms with Crippen LogP contribution in [0.5, 0.6) is 0 Å². The maximum Gasteiger partial charge on any atom is 0.100 e. The van der Waals surface area contributed by atoms with E-state index in [1.807, 2.05) is 36.4 Å². The van der Waals surface area contributed by atoms with E-state index in [2.05, 4.69) is 11.9 Å². The molecule has 0 amide bonds. The number of hydrogen-bond acceptors (Lipinski definition) is 2. The SMILES string of the molecule is CCc1cccnc1C(O)Cc1ccccc1Cl. The normalized spacial score (nSPS) is 12.4. The minimum absolute atomic E-state index is 0.490. The summed E-state index contributed by atoms with van der Waals surface area (Å²) >= 11 is 6.10. The lowest BCUT2D eigenvalue weighted by Gasteiger charge is -2.14. The van der Waals surface area contributed by atoms with E-state index in [1.165, 1.54) is 0 Å². The summed E-state index contributed by atoms with van der Waals surface area (Å²) in [6.07, 6.45) is 2.46. The lowest BCUT2D eigenvalue weighted by atomic mass is 10.0. The van der Waals surface area contributed by atoms with Gasteiger partial charge >= 0.3 is 0 Å². The zero-order chi connectivity index (χ0) is 13.0. The van der Waals surface area contributed by atoms with Gasteiger partial charge in [0.25, 0.3) is 0 Å². The molecule has 0 spiro atoms. The minimum Gasteiger partial charge on any atom is -0.386 e. The third kappa shape index (κ3) is 2.89. The van der Waals surface area contributed by atoms with Gasteiger partial charge in [-0.2, -0.15) is 0 Å². The molecule has 0 aliphatic carbocycles. The van der Waals surface area contributed by atoms with Crippen LogP contribution in [0.25, 0.3) is 0 Å². The summed E-state index contributed by atoms with van der Waals surface area (Å²) in [5, 5.41) is 11.0. The van der Waals surface area contributed by atoms with E-state index in [0.29, 0.717) is 11.4 Å². The fourth-order valence-electron chi connectivity index (χ4n) is 2.02. The average molecular weight is 262 g/mol. The molecule has 1 aromatic carbocycles. The smallest absolute Gasteiger partial charge is 0.100 e. The molecule has 0 fully saturated rings. The van der Waals surface area contributed by atoms with Crippen LogP contribution in [0.3, 0.4) is 0 Å². The van der Waals surface area contributed by atoms with Crippen LogP contribution in [0, 0.1) is 0 Å². The zero-order valence-corrected chi connectivity index (χ0v) is 11.1. The highest BCUT2D eigenvalue weighted by Crippen LogP contribution is 2.24. The van der Waals surface area contributed by atoms with E-state index < -0.39 is 6.10 Å². The molecule has 2 rings (SSSR count). The first-order valence-electron chi connectivity index (χ1n) is 6.07. The molecule has 0 saturated heterocycles. The predicted molar refractivity (Wildman–Crippen MR) is 73.7 cm³/mol. The summed E-state index contributed by atoms with van der Waals surface area (Å²) < 4.78 is 0. The Labute approximate surface area is 112 Å². The van der Waals surface area contributed by atoms with Crippen molar-refractivity contribution in [3.05, 3.63) is 64.4 Å². The van der Waals surface area contributed by atoms with Gasteiger partial charge in [0.1, 0.15) is 6.10 Å². The van der Waals surface area contributed by atoms with Gasteiger partial charge in [-0.05, 0) is 29.7 Å². The molecule has 0 radical (unpaired) electrons. The van der Waals surface area contributed by atoms with Crippen molar-refractivity contribution in [1.82, 2.24) is 4.98 Å². The minimum atomic E-state index is -0.610. The van der Waals surface area contributed by atoms with Crippen molar-refractivity contribution in [3.63, 3.8) is 0 Å². The molecule has 2 aromatic rings. The van der Waals surface area contributed by atoms with Crippen LogP contribution >= 0.6 is 11.6 Å². The Hall–Kier alpha value is -1.38. The Morgan fingerprint density at radius 1 is 1.17 bits per heavy atom. The number of aliphatic hydroxyl groups excluding tert-OH is 1. The van der Waals surface area contributed by atoms with Crippen molar-refractivity contribution in [1.29, 1.82) is 0 Å². The monoisotopic (exact) mass is 261 g/mol. The Balaban J connectivity index is 2.22. The van der Waals surface area contributed by atoms with Gasteiger partial charge < -0.3 is 5.11 Å². The zero-order valence-electron chi connectivity index (χ0n) is 10.3. The second-order valence-electron chi connectivity index (χ2n) is 4.21. The first-order chi connectivity index (χ1) is 8.72. The number of benzene rings is 1. The molecule has 1 aromatic heterocycles. The molecular weight excluding hydrogens is 246 g/mol. The third-order valence-electron chi connectivity index (χ3n) is 2.99. The molecule has 0 saturated carbocycles. The molecule has 1 N–H and O–H groups in total. The first kappa shape index (κ1) is 13.1. The Morgan fingerprint density at radius 2 is 1.89 bits per heavy atom. The molecule has 0 aliphatic heterocycles. The van der Waals surface area contributed by atoms with Crippen LogP contribution in [-0.2, 0) is 12.8 Å². The van der Waals surface area contributed by atoms with Crippen LogP contribution in [0.2, 0.25) is 5.02 Å². The number of halogens is 1. The highest BCUT2D eigenvalue weighted by Gasteiger charge is 2.14. The highest BCUT2D eigenvalue weighted by molar-refractivity contribution is 6.31. The summed E-state index contributed by atoms with van der Waals surface area (Å²) in [4.78, 5) is 4.28. The van der Waals surface area contributed by atoms with Gasteiger partial charge in [-0.25, -0.2) is 0 Å². The Kier molecular flexibility index (Phi) is 4.34. The van der Waals surface area contributed by atoms with Crippen LogP contribution in [0.1, 0.15) is 29.8 Å². The van der Waals surface area contributed by atoms with Gasteiger partial charge in [0, 0.05) is 17.6 Å². The Bertz CT molecular complexity index is 527. The maximum atomic E-state index is 10.3. The molecule has 0 aliphatic rings. The number of pyridine rings is 1. The van der Waals surface area contributed by atoms with Crippen LogP contribution in [-0.4, -0.2) is 10.1 Å². The van der Waals surface area contributed by atoms with E-state index in [0.717, 1.165) is 23.2 Å². The molecule has 0 bridgehead atoms. The van der Waals surface area contributed by atoms with Gasteiger partial charge in [0.05, 0.1) is 5.69 Å². The van der Waals surface area contributed by atoms with Crippen LogP contribution in [0.15, 0.2) is 42.6 Å². The van der Waals surface area contributed by atoms with Crippen molar-refractivity contribution >= 4 is 11.6 Å². The molecule has 18 heavy (non-hydrogen) atoms. The second kappa shape index (κ2) is 5.98. The van der Waals surface area contributed by atoms with E-state index in [1.54, 1.807) is 6.20 Å². The standard InChI is InChI=1S/C15H16ClNO/c1-2-11-7-5-9-17-15(11)14(18)10-12-6-3-4-8-13(12)16/h3-9,14,18H,2,10H2,1H3. The summed E-state index contributed by atoms with van der Waals surface area (Å²) in [6, 6.07) is 11.5. The van der Waals surface area contributed by atoms with E-state index in [4.69, 9.17) is 11.6 Å². The second-order valence-corrected chi connectivity index (χ2v) is 4.62. The topological polar surface area (TPSA) is 33.1 Å². The summed E-state index contributed by atoms with van der Waals surface area (Å²) in [5.41, 5.74) is 2.77. The lowest BCUT2D eigenvalue weighted by molar-refractivity contribution is 0.172. The quantitative estimate of drug-likeness (QED) is 0.913. The lowest BCUT2D eigenvalue weighted by Crippen LogP contribution is -2.07. The van der Waals surface area contributed by atoms with E-state index in [9.17, 15) is 5.11 Å². The third-order valence-corrected chi connectivity index (χ3v) is 3.36. The van der Waals surface area contributed by atoms with Crippen molar-refractivity contribution in [2.24, 2.45) is 0 Å². The van der Waals surface area contributed by atoms with Gasteiger partial charge in [-0.1, -0.05) is 42.8 Å². The molecule has 3 heteroatoms. The molecule has 94 valence electrons. The van der Waals surface area contributed by atoms with Gasteiger partial charge in [-0.15, -0.1) is 0 Å². The fraction of sp³-hybridized carbons (Fsp3) is 0.267. The summed E-state index contributed by atoms with van der Waals surface area (Å²) in [7, 11) is 0. The largest absolute Gasteiger partial charge is 0.386 e. The number of rotatable bonds is 4. The van der Waals surface area contributed by atoms with Crippen molar-refractivity contribution in [3.8, 4) is 0 Å². The van der Waals surface area contributed by atoms with Crippen LogP contribution < -0.4 is 0 Å². The number of aromatic nitrogens is 1. The molecular formula is C15H16ClNO. The van der Waals surface area contributed by atoms with E-state index in [-0.39, 0.29) is 0 Å². The predicted octanol–water partition coefficient (Wildman–Crippen LogP) is 3.57. The highest BCUT2D eigenvalue weighted by atomic mass is 35.5. The number of nitrogens with zero attached hydrogens (tertiary/aromatic N) is 1. The number of hydrogen-bond donors (Lipinski definition) is 1. The molecule has 1 unspecified atom stereocenters. The van der Waals surface area contributed by atoms with Crippen LogP contribution in [0.4, 0.5) is 0 Å². The number of aryl methyl sites for hydroxylation is 1. The van der Waals surface area contributed by atoms with Crippen molar-refractivity contribution in [2.75, 3.05) is 0 Å². The molecule has 2 nitrogen and oxygen atoms in total. The van der Waals surface area contributed by atoms with Gasteiger partial charge in [-0.3, -0.25) is 4.98 Å². The van der Waals surface area contributed by atoms with Gasteiger partial charge in [0.2, 0.25) is 0 Å². The van der Waals surface area contributed by atoms with Crippen molar-refractivity contribution < 1.29 is 5.11 Å². The Morgan fingerprint density at radius 3 is 2.61 bits per heavy atom. The molecule has 1 atom stereocenters. The van der Waals surface area contributed by atoms with Gasteiger partial charge in [0.15, 0.2) is 0 Å². The first-order valence-corrected chi connectivity index (χ1v) is 6.45. The summed E-state index contributed by atoms with van der Waals surface area (Å²) in [6.45, 7) is 2.06. The fourth-order valence-corrected chi connectivity index (χ4v) is 2.23. The van der Waals surface area contributed by atoms with E-state index >= 15 is 0 Å². The number of aliphatic hydroxyl groups is 1. The molecule has 1 heterocycles. The summed E-state index contributed by atoms with van der Waals surface area (Å²) in [5.74, 6) is 0. The maximum absolute atomic E-state index is 10.3.